The average molecular weight is 359 g/mol. The summed E-state index contributed by atoms with van der Waals surface area (Å²) in [6.45, 7) is 1.86. The van der Waals surface area contributed by atoms with Crippen LogP contribution in [0.15, 0.2) is 52.8 Å². The van der Waals surface area contributed by atoms with E-state index in [-0.39, 0.29) is 0 Å². The molecular formula is C17H12ClFN4O2. The molecule has 2 heterocycles. The van der Waals surface area contributed by atoms with Crippen molar-refractivity contribution in [2.45, 2.75) is 19.0 Å². The standard InChI is InChI=1S/C17H12ClFN4O2/c1-9-2-5-12(8-13(9)18)23-15-14(20-21-23)16(24)22(17(15)25)11-6-3-10(19)4-7-11/h2-8,14-15H,1H3/t14-,15+/m0/s1. The second-order valence-electron chi connectivity index (χ2n) is 5.86. The van der Waals surface area contributed by atoms with Gasteiger partial charge in [0.05, 0.1) is 11.4 Å². The van der Waals surface area contributed by atoms with E-state index in [0.29, 0.717) is 16.4 Å². The van der Waals surface area contributed by atoms with E-state index >= 15 is 0 Å². The third-order valence-corrected chi connectivity index (χ3v) is 4.69. The molecule has 0 bridgehead atoms. The number of amides is 2. The number of benzene rings is 2. The first-order valence-electron chi connectivity index (χ1n) is 7.57. The van der Waals surface area contributed by atoms with Gasteiger partial charge < -0.3 is 0 Å². The van der Waals surface area contributed by atoms with Crippen LogP contribution in [0.3, 0.4) is 0 Å². The van der Waals surface area contributed by atoms with Crippen LogP contribution in [0.5, 0.6) is 0 Å². The van der Waals surface area contributed by atoms with Crippen LogP contribution in [0, 0.1) is 12.7 Å². The number of rotatable bonds is 2. The lowest BCUT2D eigenvalue weighted by Gasteiger charge is -2.21. The number of anilines is 2. The van der Waals surface area contributed by atoms with E-state index in [2.05, 4.69) is 10.3 Å². The van der Waals surface area contributed by atoms with Gasteiger partial charge in [-0.15, -0.1) is 0 Å². The molecule has 126 valence electrons. The van der Waals surface area contributed by atoms with E-state index in [1.807, 2.05) is 6.92 Å². The molecule has 2 atom stereocenters. The first-order chi connectivity index (χ1) is 12.0. The topological polar surface area (TPSA) is 65.3 Å². The molecule has 2 aromatic rings. The van der Waals surface area contributed by atoms with Crippen molar-refractivity contribution in [1.82, 2.24) is 0 Å². The molecule has 0 saturated carbocycles. The van der Waals surface area contributed by atoms with Crippen molar-refractivity contribution in [2.75, 3.05) is 9.91 Å². The fraction of sp³-hybridized carbons (Fsp3) is 0.176. The Morgan fingerprint density at radius 3 is 2.40 bits per heavy atom. The summed E-state index contributed by atoms with van der Waals surface area (Å²) in [4.78, 5) is 26.4. The lowest BCUT2D eigenvalue weighted by Crippen LogP contribution is -2.39. The highest BCUT2D eigenvalue weighted by molar-refractivity contribution is 6.31. The van der Waals surface area contributed by atoms with Crippen molar-refractivity contribution in [3.63, 3.8) is 0 Å². The van der Waals surface area contributed by atoms with Crippen molar-refractivity contribution in [3.8, 4) is 0 Å². The average Bonchev–Trinajstić information content (AvgIpc) is 3.13. The van der Waals surface area contributed by atoms with Gasteiger partial charge in [-0.1, -0.05) is 22.9 Å². The Balaban J connectivity index is 1.70. The van der Waals surface area contributed by atoms with Gasteiger partial charge in [-0.05, 0) is 48.9 Å². The highest BCUT2D eigenvalue weighted by Crippen LogP contribution is 2.36. The summed E-state index contributed by atoms with van der Waals surface area (Å²) >= 11 is 6.14. The molecule has 1 fully saturated rings. The maximum absolute atomic E-state index is 13.1. The predicted octanol–water partition coefficient (Wildman–Crippen LogP) is 3.29. The molecule has 2 aromatic carbocycles. The molecule has 2 amide bonds. The Kier molecular flexibility index (Phi) is 3.54. The number of nitrogens with zero attached hydrogens (tertiary/aromatic N) is 4. The van der Waals surface area contributed by atoms with Crippen LogP contribution in [-0.4, -0.2) is 23.9 Å². The molecular weight excluding hydrogens is 347 g/mol. The van der Waals surface area contributed by atoms with Crippen LogP contribution < -0.4 is 9.91 Å². The van der Waals surface area contributed by atoms with Crippen molar-refractivity contribution < 1.29 is 14.0 Å². The predicted molar refractivity (Wildman–Crippen MR) is 90.0 cm³/mol. The molecule has 0 aliphatic carbocycles. The Morgan fingerprint density at radius 1 is 1.04 bits per heavy atom. The Hall–Kier alpha value is -2.80. The molecule has 0 N–H and O–H groups in total. The van der Waals surface area contributed by atoms with E-state index < -0.39 is 29.7 Å². The third-order valence-electron chi connectivity index (χ3n) is 4.29. The molecule has 1 saturated heterocycles. The molecule has 0 unspecified atom stereocenters. The lowest BCUT2D eigenvalue weighted by molar-refractivity contribution is -0.121. The van der Waals surface area contributed by atoms with Crippen LogP contribution in [0.2, 0.25) is 5.02 Å². The molecule has 4 rings (SSSR count). The van der Waals surface area contributed by atoms with Gasteiger partial charge in [0.2, 0.25) is 0 Å². The minimum atomic E-state index is -0.919. The van der Waals surface area contributed by atoms with Crippen LogP contribution in [0.4, 0.5) is 15.8 Å². The highest BCUT2D eigenvalue weighted by Gasteiger charge is 2.55. The van der Waals surface area contributed by atoms with Crippen LogP contribution >= 0.6 is 11.6 Å². The van der Waals surface area contributed by atoms with Gasteiger partial charge in [0.25, 0.3) is 11.8 Å². The monoisotopic (exact) mass is 358 g/mol. The van der Waals surface area contributed by atoms with Gasteiger partial charge in [-0.25, -0.2) is 14.3 Å². The van der Waals surface area contributed by atoms with E-state index in [4.69, 9.17) is 11.6 Å². The Labute approximate surface area is 147 Å². The second kappa shape index (κ2) is 5.63. The molecule has 8 heteroatoms. The minimum absolute atomic E-state index is 0.308. The molecule has 2 aliphatic rings. The smallest absolute Gasteiger partial charge is 0.263 e. The number of hydrogen-bond acceptors (Lipinski definition) is 5. The van der Waals surface area contributed by atoms with Crippen LogP contribution in [-0.2, 0) is 9.59 Å². The molecule has 0 aromatic heterocycles. The van der Waals surface area contributed by atoms with Crippen LogP contribution in [0.1, 0.15) is 5.56 Å². The van der Waals surface area contributed by atoms with Gasteiger partial charge in [0.1, 0.15) is 5.82 Å². The highest BCUT2D eigenvalue weighted by atomic mass is 35.5. The summed E-state index contributed by atoms with van der Waals surface area (Å²) in [6, 6.07) is 8.63. The first kappa shape index (κ1) is 15.7. The van der Waals surface area contributed by atoms with Gasteiger partial charge >= 0.3 is 0 Å². The second-order valence-corrected chi connectivity index (χ2v) is 6.27. The van der Waals surface area contributed by atoms with Crippen molar-refractivity contribution >= 4 is 34.8 Å². The SMILES string of the molecule is Cc1ccc(N2N=N[C@@H]3C(=O)N(c4ccc(F)cc4)C(=O)[C@@H]32)cc1Cl. The van der Waals surface area contributed by atoms with Gasteiger partial charge in [0.15, 0.2) is 12.1 Å². The normalized spacial score (nSPS) is 22.0. The largest absolute Gasteiger partial charge is 0.271 e. The number of carbonyl (C=O) groups excluding carboxylic acids is 2. The van der Waals surface area contributed by atoms with Crippen molar-refractivity contribution in [3.05, 3.63) is 58.9 Å². The number of imide groups is 1. The zero-order chi connectivity index (χ0) is 17.7. The third kappa shape index (κ3) is 2.39. The lowest BCUT2D eigenvalue weighted by atomic mass is 10.1. The van der Waals surface area contributed by atoms with Gasteiger partial charge in [-0.3, -0.25) is 9.59 Å². The quantitative estimate of drug-likeness (QED) is 0.774. The molecule has 0 spiro atoms. The summed E-state index contributed by atoms with van der Waals surface area (Å²) in [5, 5.41) is 9.86. The van der Waals surface area contributed by atoms with E-state index in [0.717, 1.165) is 10.5 Å². The fourth-order valence-electron chi connectivity index (χ4n) is 2.94. The maximum Gasteiger partial charge on any atom is 0.263 e. The Bertz CT molecular complexity index is 915. The van der Waals surface area contributed by atoms with Crippen molar-refractivity contribution in [1.29, 1.82) is 0 Å². The maximum atomic E-state index is 13.1. The number of fused-ring (bicyclic) bond motifs is 1. The molecule has 0 radical (unpaired) electrons. The number of carbonyl (C=O) groups is 2. The summed E-state index contributed by atoms with van der Waals surface area (Å²) in [5.41, 5.74) is 1.77. The van der Waals surface area contributed by atoms with Crippen LogP contribution in [0.25, 0.3) is 0 Å². The molecule has 2 aliphatic heterocycles. The summed E-state index contributed by atoms with van der Waals surface area (Å²) < 4.78 is 13.1. The minimum Gasteiger partial charge on any atom is -0.271 e. The first-order valence-corrected chi connectivity index (χ1v) is 7.95. The summed E-state index contributed by atoms with van der Waals surface area (Å²) in [6.07, 6.45) is 0. The zero-order valence-corrected chi connectivity index (χ0v) is 13.8. The van der Waals surface area contributed by atoms with Crippen molar-refractivity contribution in [2.24, 2.45) is 10.3 Å². The number of hydrogen-bond donors (Lipinski definition) is 0. The summed E-state index contributed by atoms with van der Waals surface area (Å²) in [5.74, 6) is -1.38. The Morgan fingerprint density at radius 2 is 1.72 bits per heavy atom. The number of halogens is 2. The van der Waals surface area contributed by atoms with Gasteiger partial charge in [0, 0.05) is 5.02 Å². The summed E-state index contributed by atoms with van der Waals surface area (Å²) in [7, 11) is 0. The van der Waals surface area contributed by atoms with Gasteiger partial charge in [-0.2, -0.15) is 5.11 Å². The van der Waals surface area contributed by atoms with E-state index in [1.165, 1.54) is 29.3 Å². The van der Waals surface area contributed by atoms with E-state index in [9.17, 15) is 14.0 Å². The fourth-order valence-corrected chi connectivity index (χ4v) is 3.12. The molecule has 25 heavy (non-hydrogen) atoms. The number of aryl methyl sites for hydroxylation is 1. The molecule has 6 nitrogen and oxygen atoms in total. The zero-order valence-electron chi connectivity index (χ0n) is 13.1. The van der Waals surface area contributed by atoms with E-state index in [1.54, 1.807) is 18.2 Å².